The van der Waals surface area contributed by atoms with Gasteiger partial charge in [0.1, 0.15) is 19.3 Å². The van der Waals surface area contributed by atoms with Crippen LogP contribution < -0.4 is 0 Å². The third-order valence-corrected chi connectivity index (χ3v) is 8.38. The van der Waals surface area contributed by atoms with Crippen LogP contribution in [-0.2, 0) is 23.1 Å². The number of likely N-dealkylation sites (N-methyl/N-ethyl adjacent to an activating group) is 1. The van der Waals surface area contributed by atoms with Crippen molar-refractivity contribution in [1.29, 1.82) is 0 Å². The summed E-state index contributed by atoms with van der Waals surface area (Å²) in [5.74, 6) is -0.790. The van der Waals surface area contributed by atoms with Crippen molar-refractivity contribution in [3.05, 3.63) is 0 Å². The summed E-state index contributed by atoms with van der Waals surface area (Å²) in [6.45, 7) is 2.95. The Morgan fingerprint density at radius 3 is 1.71 bits per heavy atom. The van der Waals surface area contributed by atoms with E-state index < -0.39 is 26.0 Å². The maximum Gasteiger partial charge on any atom is 0.472 e. The molecule has 0 radical (unpaired) electrons. The lowest BCUT2D eigenvalue weighted by Gasteiger charge is -2.28. The Bertz CT molecular complexity index is 659. The molecule has 0 heterocycles. The number of hydrogen-bond donors (Lipinski definition) is 3. The monoisotopic (exact) mass is 610 g/mol. The zero-order chi connectivity index (χ0) is 30.8. The molecule has 3 atom stereocenters. The van der Waals surface area contributed by atoms with E-state index in [1.165, 1.54) is 70.6 Å². The molecule has 0 saturated carbocycles. The molecule has 0 aromatic carbocycles. The summed E-state index contributed by atoms with van der Waals surface area (Å²) < 4.78 is 30.0. The lowest BCUT2D eigenvalue weighted by Crippen LogP contribution is -2.38. The smallest absolute Gasteiger partial charge is 0.472 e. The average molecular weight is 611 g/mol. The molecule has 0 aliphatic carbocycles. The van der Waals surface area contributed by atoms with Crippen molar-refractivity contribution in [2.75, 3.05) is 47.5 Å². The number of ether oxygens (including phenoxy) is 1. The van der Waals surface area contributed by atoms with Gasteiger partial charge < -0.3 is 24.3 Å². The van der Waals surface area contributed by atoms with Crippen LogP contribution in [-0.4, -0.2) is 85.3 Å². The molecule has 0 aromatic heterocycles. The molecule has 1 unspecified atom stereocenters. The van der Waals surface area contributed by atoms with Gasteiger partial charge in [-0.2, -0.15) is 0 Å². The first-order valence-electron chi connectivity index (χ1n) is 16.4. The highest BCUT2D eigenvalue weighted by atomic mass is 31.2. The number of rotatable bonds is 31. The van der Waals surface area contributed by atoms with Gasteiger partial charge in [0.2, 0.25) is 0 Å². The third-order valence-electron chi connectivity index (χ3n) is 7.34. The predicted molar refractivity (Wildman–Crippen MR) is 166 cm³/mol. The summed E-state index contributed by atoms with van der Waals surface area (Å²) in [7, 11) is 1.61. The van der Waals surface area contributed by atoms with Crippen molar-refractivity contribution in [3.63, 3.8) is 0 Å². The SMILES string of the molecule is CCCCCCCCCCCCCCCC[C@@H](OP(=O)(O)OCC[N+](C)(C)C)[C@H](CO)OCCCCCCC(=O)O. The van der Waals surface area contributed by atoms with Crippen molar-refractivity contribution >= 4 is 13.8 Å². The van der Waals surface area contributed by atoms with Crippen LogP contribution in [0.4, 0.5) is 0 Å². The second-order valence-electron chi connectivity index (χ2n) is 12.5. The van der Waals surface area contributed by atoms with E-state index in [-0.39, 0.29) is 19.6 Å². The van der Waals surface area contributed by atoms with Gasteiger partial charge in [0, 0.05) is 13.0 Å². The number of quaternary nitrogens is 1. The molecule has 0 aliphatic rings. The number of aliphatic carboxylic acids is 1. The van der Waals surface area contributed by atoms with Gasteiger partial charge in [0.25, 0.3) is 0 Å². The summed E-state index contributed by atoms with van der Waals surface area (Å²) in [4.78, 5) is 21.0. The Balaban J connectivity index is 4.48. The number of phosphoric ester groups is 1. The lowest BCUT2D eigenvalue weighted by molar-refractivity contribution is -0.870. The first-order chi connectivity index (χ1) is 19.5. The third kappa shape index (κ3) is 28.0. The van der Waals surface area contributed by atoms with Crippen LogP contribution in [0.3, 0.4) is 0 Å². The molecule has 0 bridgehead atoms. The van der Waals surface area contributed by atoms with Gasteiger partial charge in [0.15, 0.2) is 0 Å². The van der Waals surface area contributed by atoms with Gasteiger partial charge in [-0.25, -0.2) is 4.57 Å². The average Bonchev–Trinajstić information content (AvgIpc) is 2.88. The second kappa shape index (κ2) is 25.9. The number of carboxylic acids is 1. The highest BCUT2D eigenvalue weighted by molar-refractivity contribution is 7.47. The molecule has 0 fully saturated rings. The number of hydrogen-bond acceptors (Lipinski definition) is 6. The number of nitrogens with zero attached hydrogens (tertiary/aromatic N) is 1. The van der Waals surface area contributed by atoms with Crippen molar-refractivity contribution < 1.29 is 42.7 Å². The Hall–Kier alpha value is -0.540. The number of aliphatic hydroxyl groups is 1. The largest absolute Gasteiger partial charge is 0.481 e. The molecular formula is C31H65NO8P+. The summed E-state index contributed by atoms with van der Waals surface area (Å²) in [6, 6.07) is 0. The van der Waals surface area contributed by atoms with Crippen LogP contribution in [0.5, 0.6) is 0 Å². The normalized spacial score (nSPS) is 15.1. The zero-order valence-electron chi connectivity index (χ0n) is 26.9. The van der Waals surface area contributed by atoms with Crippen LogP contribution >= 0.6 is 7.82 Å². The minimum Gasteiger partial charge on any atom is -0.481 e. The van der Waals surface area contributed by atoms with Crippen LogP contribution in [0.1, 0.15) is 135 Å². The van der Waals surface area contributed by atoms with E-state index in [1.54, 1.807) is 0 Å². The minimum absolute atomic E-state index is 0.0871. The van der Waals surface area contributed by atoms with Crippen molar-refractivity contribution in [1.82, 2.24) is 0 Å². The van der Waals surface area contributed by atoms with Crippen LogP contribution in [0, 0.1) is 0 Å². The number of aliphatic hydroxyl groups excluding tert-OH is 1. The highest BCUT2D eigenvalue weighted by Crippen LogP contribution is 2.46. The molecule has 9 nitrogen and oxygen atoms in total. The second-order valence-corrected chi connectivity index (χ2v) is 13.9. The topological polar surface area (TPSA) is 123 Å². The fourth-order valence-electron chi connectivity index (χ4n) is 4.72. The molecule has 0 aromatic rings. The predicted octanol–water partition coefficient (Wildman–Crippen LogP) is 7.48. The van der Waals surface area contributed by atoms with E-state index in [0.717, 1.165) is 38.5 Å². The lowest BCUT2D eigenvalue weighted by atomic mass is 10.0. The number of carboxylic acid groups (broad SMARTS) is 1. The highest BCUT2D eigenvalue weighted by Gasteiger charge is 2.32. The molecule has 0 rings (SSSR count). The van der Waals surface area contributed by atoms with E-state index in [0.29, 0.717) is 30.5 Å². The van der Waals surface area contributed by atoms with Gasteiger partial charge >= 0.3 is 13.8 Å². The standard InChI is InChI=1S/C31H64NO8P/c1-5-6-7-8-9-10-11-12-13-14-15-16-17-20-23-29(40-41(36,37)39-27-25-32(2,3)4)30(28-33)38-26-22-19-18-21-24-31(34)35/h29-30,33H,5-28H2,1-4H3,(H-,34,35,36,37)/p+1/t29-,30+/m1/s1. The number of unbranched alkanes of at least 4 members (excludes halogenated alkanes) is 16. The molecular weight excluding hydrogens is 545 g/mol. The van der Waals surface area contributed by atoms with Gasteiger partial charge in [0.05, 0.1) is 33.9 Å². The van der Waals surface area contributed by atoms with Gasteiger partial charge in [-0.05, 0) is 19.3 Å². The fourth-order valence-corrected chi connectivity index (χ4v) is 5.68. The minimum atomic E-state index is -4.31. The van der Waals surface area contributed by atoms with Gasteiger partial charge in [-0.1, -0.05) is 110 Å². The van der Waals surface area contributed by atoms with Crippen LogP contribution in [0.2, 0.25) is 0 Å². The first-order valence-corrected chi connectivity index (χ1v) is 17.9. The molecule has 41 heavy (non-hydrogen) atoms. The molecule has 246 valence electrons. The number of carbonyl (C=O) groups is 1. The summed E-state index contributed by atoms with van der Waals surface area (Å²) in [6.07, 6.45) is 19.6. The van der Waals surface area contributed by atoms with Crippen molar-refractivity contribution in [2.45, 2.75) is 148 Å². The summed E-state index contributed by atoms with van der Waals surface area (Å²) in [5.41, 5.74) is 0. The van der Waals surface area contributed by atoms with E-state index in [9.17, 15) is 19.4 Å². The maximum atomic E-state index is 12.7. The zero-order valence-corrected chi connectivity index (χ0v) is 27.8. The van der Waals surface area contributed by atoms with Crippen molar-refractivity contribution in [2.24, 2.45) is 0 Å². The first kappa shape index (κ1) is 40.5. The maximum absolute atomic E-state index is 12.7. The fraction of sp³-hybridized carbons (Fsp3) is 0.968. The van der Waals surface area contributed by atoms with Crippen molar-refractivity contribution in [3.8, 4) is 0 Å². The molecule has 10 heteroatoms. The van der Waals surface area contributed by atoms with Crippen LogP contribution in [0.25, 0.3) is 0 Å². The Morgan fingerprint density at radius 2 is 1.22 bits per heavy atom. The summed E-state index contributed by atoms with van der Waals surface area (Å²) in [5, 5.41) is 18.8. The molecule has 0 amide bonds. The molecule has 0 spiro atoms. The Morgan fingerprint density at radius 1 is 0.732 bits per heavy atom. The quantitative estimate of drug-likeness (QED) is 0.0420. The van der Waals surface area contributed by atoms with E-state index in [1.807, 2.05) is 21.1 Å². The van der Waals surface area contributed by atoms with E-state index >= 15 is 0 Å². The molecule has 0 saturated heterocycles. The Kier molecular flexibility index (Phi) is 25.6. The summed E-state index contributed by atoms with van der Waals surface area (Å²) >= 11 is 0. The Labute approximate surface area is 251 Å². The van der Waals surface area contributed by atoms with Gasteiger partial charge in [-0.3, -0.25) is 13.8 Å². The van der Waals surface area contributed by atoms with Gasteiger partial charge in [-0.15, -0.1) is 0 Å². The van der Waals surface area contributed by atoms with E-state index in [2.05, 4.69) is 6.92 Å². The van der Waals surface area contributed by atoms with Crippen LogP contribution in [0.15, 0.2) is 0 Å². The molecule has 0 aliphatic heterocycles. The van der Waals surface area contributed by atoms with E-state index in [4.69, 9.17) is 18.9 Å². The number of phosphoric acid groups is 1. The molecule has 3 N–H and O–H groups in total.